The lowest BCUT2D eigenvalue weighted by Crippen LogP contribution is -2.26. The van der Waals surface area contributed by atoms with Gasteiger partial charge in [0, 0.05) is 11.8 Å². The molecule has 0 spiro atoms. The number of methoxy groups -OCH3 is 1. The summed E-state index contributed by atoms with van der Waals surface area (Å²) in [6.07, 6.45) is 3.52. The number of rotatable bonds is 7. The highest BCUT2D eigenvalue weighted by Gasteiger charge is 2.14. The fourth-order valence-corrected chi connectivity index (χ4v) is 3.23. The molecule has 0 fully saturated rings. The minimum Gasteiger partial charge on any atom is -0.496 e. The van der Waals surface area contributed by atoms with E-state index in [0.717, 1.165) is 17.4 Å². The third-order valence-electron chi connectivity index (χ3n) is 4.06. The van der Waals surface area contributed by atoms with Gasteiger partial charge in [0.2, 0.25) is 0 Å². The molecule has 0 aromatic heterocycles. The highest BCUT2D eigenvalue weighted by atomic mass is 32.2. The SMILES string of the molecule is C=CCc1cc(C(=O)N[C@H](C)c2ccc(S(C)(=O)=O)cc2)ccc1OC. The lowest BCUT2D eigenvalue weighted by Gasteiger charge is -2.16. The number of nitrogens with one attached hydrogen (secondary N) is 1. The van der Waals surface area contributed by atoms with Crippen LogP contribution in [0.15, 0.2) is 60.0 Å². The molecular weight excluding hydrogens is 350 g/mol. The first-order chi connectivity index (χ1) is 12.3. The van der Waals surface area contributed by atoms with Gasteiger partial charge in [-0.2, -0.15) is 0 Å². The van der Waals surface area contributed by atoms with Crippen LogP contribution in [0.2, 0.25) is 0 Å². The van der Waals surface area contributed by atoms with Crippen molar-refractivity contribution in [1.82, 2.24) is 5.32 Å². The maximum atomic E-state index is 12.5. The van der Waals surface area contributed by atoms with E-state index in [-0.39, 0.29) is 16.8 Å². The van der Waals surface area contributed by atoms with Gasteiger partial charge in [-0.25, -0.2) is 8.42 Å². The van der Waals surface area contributed by atoms with Crippen LogP contribution in [0, 0.1) is 0 Å². The van der Waals surface area contributed by atoms with Crippen LogP contribution in [0.1, 0.15) is 34.5 Å². The summed E-state index contributed by atoms with van der Waals surface area (Å²) in [5.74, 6) is 0.503. The second-order valence-electron chi connectivity index (χ2n) is 6.06. The number of allylic oxidation sites excluding steroid dienone is 1. The lowest BCUT2D eigenvalue weighted by atomic mass is 10.0. The van der Waals surface area contributed by atoms with Gasteiger partial charge in [0.1, 0.15) is 5.75 Å². The number of sulfone groups is 1. The Morgan fingerprint density at radius 1 is 1.23 bits per heavy atom. The normalized spacial score (nSPS) is 12.3. The van der Waals surface area contributed by atoms with Crippen LogP contribution in [-0.4, -0.2) is 27.7 Å². The van der Waals surface area contributed by atoms with Gasteiger partial charge in [-0.1, -0.05) is 18.2 Å². The number of hydrogen-bond donors (Lipinski definition) is 1. The molecule has 0 saturated heterocycles. The zero-order chi connectivity index (χ0) is 19.3. The van der Waals surface area contributed by atoms with E-state index < -0.39 is 9.84 Å². The maximum Gasteiger partial charge on any atom is 0.251 e. The Morgan fingerprint density at radius 2 is 1.88 bits per heavy atom. The fourth-order valence-electron chi connectivity index (χ4n) is 2.60. The van der Waals surface area contributed by atoms with Crippen molar-refractivity contribution in [3.8, 4) is 5.75 Å². The molecule has 26 heavy (non-hydrogen) atoms. The van der Waals surface area contributed by atoms with E-state index in [1.165, 1.54) is 0 Å². The summed E-state index contributed by atoms with van der Waals surface area (Å²) in [6, 6.07) is 11.5. The Kier molecular flexibility index (Phi) is 6.21. The monoisotopic (exact) mass is 373 g/mol. The van der Waals surface area contributed by atoms with Crippen molar-refractivity contribution in [3.63, 3.8) is 0 Å². The van der Waals surface area contributed by atoms with Gasteiger partial charge in [0.05, 0.1) is 18.0 Å². The second-order valence-corrected chi connectivity index (χ2v) is 8.07. The van der Waals surface area contributed by atoms with E-state index in [0.29, 0.717) is 17.7 Å². The second kappa shape index (κ2) is 8.19. The molecule has 0 saturated carbocycles. The average molecular weight is 373 g/mol. The summed E-state index contributed by atoms with van der Waals surface area (Å²) in [5, 5.41) is 2.92. The Balaban J connectivity index is 2.16. The van der Waals surface area contributed by atoms with Crippen LogP contribution in [0.3, 0.4) is 0 Å². The number of ether oxygens (including phenoxy) is 1. The van der Waals surface area contributed by atoms with Crippen molar-refractivity contribution >= 4 is 15.7 Å². The van der Waals surface area contributed by atoms with Crippen molar-refractivity contribution in [1.29, 1.82) is 0 Å². The molecular formula is C20H23NO4S. The van der Waals surface area contributed by atoms with Gasteiger partial charge in [-0.15, -0.1) is 6.58 Å². The van der Waals surface area contributed by atoms with Crippen LogP contribution in [-0.2, 0) is 16.3 Å². The predicted octanol–water partition coefficient (Wildman–Crippen LogP) is 3.32. The highest BCUT2D eigenvalue weighted by molar-refractivity contribution is 7.90. The number of hydrogen-bond acceptors (Lipinski definition) is 4. The molecule has 1 atom stereocenters. The van der Waals surface area contributed by atoms with Crippen molar-refractivity contribution in [2.24, 2.45) is 0 Å². The van der Waals surface area contributed by atoms with Gasteiger partial charge in [-0.3, -0.25) is 4.79 Å². The standard InChI is InChI=1S/C20H23NO4S/c1-5-6-16-13-17(9-12-19(16)25-3)20(22)21-14(2)15-7-10-18(11-8-15)26(4,23)24/h5,7-14H,1,6H2,2-4H3,(H,21,22)/t14-/m1/s1. The third-order valence-corrected chi connectivity index (χ3v) is 5.19. The van der Waals surface area contributed by atoms with E-state index in [1.807, 2.05) is 6.92 Å². The smallest absolute Gasteiger partial charge is 0.251 e. The van der Waals surface area contributed by atoms with E-state index in [4.69, 9.17) is 4.74 Å². The number of amides is 1. The first-order valence-electron chi connectivity index (χ1n) is 8.15. The largest absolute Gasteiger partial charge is 0.496 e. The molecule has 0 aliphatic rings. The van der Waals surface area contributed by atoms with Gasteiger partial charge in [0.15, 0.2) is 9.84 Å². The molecule has 0 radical (unpaired) electrons. The number of carbonyl (C=O) groups excluding carboxylic acids is 1. The molecule has 0 heterocycles. The van der Waals surface area contributed by atoms with Crippen molar-refractivity contribution in [2.75, 3.05) is 13.4 Å². The summed E-state index contributed by atoms with van der Waals surface area (Å²) in [4.78, 5) is 12.8. The zero-order valence-electron chi connectivity index (χ0n) is 15.2. The quantitative estimate of drug-likeness (QED) is 0.756. The highest BCUT2D eigenvalue weighted by Crippen LogP contribution is 2.22. The van der Waals surface area contributed by atoms with Gasteiger partial charge in [-0.05, 0) is 54.8 Å². The molecule has 0 unspecified atom stereocenters. The maximum absolute atomic E-state index is 12.5. The zero-order valence-corrected chi connectivity index (χ0v) is 16.0. The van der Waals surface area contributed by atoms with E-state index >= 15 is 0 Å². The average Bonchev–Trinajstić information content (AvgIpc) is 2.61. The predicted molar refractivity (Wildman–Crippen MR) is 102 cm³/mol. The first kappa shape index (κ1) is 19.7. The van der Waals surface area contributed by atoms with E-state index in [9.17, 15) is 13.2 Å². The number of carbonyl (C=O) groups is 1. The Morgan fingerprint density at radius 3 is 2.42 bits per heavy atom. The molecule has 0 aliphatic heterocycles. The van der Waals surface area contributed by atoms with Crippen LogP contribution in [0.4, 0.5) is 0 Å². The summed E-state index contributed by atoms with van der Waals surface area (Å²) in [6.45, 7) is 5.57. The topological polar surface area (TPSA) is 72.5 Å². The van der Waals surface area contributed by atoms with E-state index in [1.54, 1.807) is 55.7 Å². The summed E-state index contributed by atoms with van der Waals surface area (Å²) in [5.41, 5.74) is 2.24. The summed E-state index contributed by atoms with van der Waals surface area (Å²) < 4.78 is 28.3. The molecule has 1 N–H and O–H groups in total. The van der Waals surface area contributed by atoms with Gasteiger partial charge in [0.25, 0.3) is 5.91 Å². The Labute approximate surface area is 154 Å². The summed E-state index contributed by atoms with van der Waals surface area (Å²) in [7, 11) is -1.65. The molecule has 5 nitrogen and oxygen atoms in total. The summed E-state index contributed by atoms with van der Waals surface area (Å²) >= 11 is 0. The lowest BCUT2D eigenvalue weighted by molar-refractivity contribution is 0.0939. The molecule has 0 bridgehead atoms. The molecule has 2 aromatic carbocycles. The van der Waals surface area contributed by atoms with E-state index in [2.05, 4.69) is 11.9 Å². The number of benzene rings is 2. The molecule has 138 valence electrons. The Bertz CT molecular complexity index is 902. The van der Waals surface area contributed by atoms with Gasteiger partial charge < -0.3 is 10.1 Å². The van der Waals surface area contributed by atoms with Crippen molar-refractivity contribution in [2.45, 2.75) is 24.3 Å². The van der Waals surface area contributed by atoms with Crippen LogP contribution >= 0.6 is 0 Å². The Hall–Kier alpha value is -2.60. The minimum atomic E-state index is -3.24. The van der Waals surface area contributed by atoms with Crippen molar-refractivity contribution < 1.29 is 17.9 Å². The first-order valence-corrected chi connectivity index (χ1v) is 10.0. The molecule has 2 aromatic rings. The van der Waals surface area contributed by atoms with Crippen LogP contribution < -0.4 is 10.1 Å². The molecule has 0 aliphatic carbocycles. The van der Waals surface area contributed by atoms with Crippen LogP contribution in [0.25, 0.3) is 0 Å². The molecule has 1 amide bonds. The molecule has 2 rings (SSSR count). The van der Waals surface area contributed by atoms with Gasteiger partial charge >= 0.3 is 0 Å². The third kappa shape index (κ3) is 4.73. The van der Waals surface area contributed by atoms with Crippen molar-refractivity contribution in [3.05, 3.63) is 71.8 Å². The minimum absolute atomic E-state index is 0.211. The molecule has 6 heteroatoms. The van der Waals surface area contributed by atoms with Crippen LogP contribution in [0.5, 0.6) is 5.75 Å². The fraction of sp³-hybridized carbons (Fsp3) is 0.250.